The Balaban J connectivity index is 1.49. The number of aromatic nitrogens is 6. The Hall–Kier alpha value is -3.72. The molecule has 9 nitrogen and oxygen atoms in total. The molecule has 5 rings (SSSR count). The van der Waals surface area contributed by atoms with Crippen LogP contribution in [0, 0.1) is 0 Å². The summed E-state index contributed by atoms with van der Waals surface area (Å²) in [6.45, 7) is 0.815. The van der Waals surface area contributed by atoms with Crippen LogP contribution in [-0.2, 0) is 4.74 Å². The van der Waals surface area contributed by atoms with Gasteiger partial charge in [0.15, 0.2) is 5.65 Å². The van der Waals surface area contributed by atoms with E-state index in [4.69, 9.17) is 4.74 Å². The Morgan fingerprint density at radius 1 is 1.00 bits per heavy atom. The molecular formula is C20H17N7O2. The van der Waals surface area contributed by atoms with Gasteiger partial charge in [-0.2, -0.15) is 5.10 Å². The van der Waals surface area contributed by atoms with Crippen molar-refractivity contribution in [1.29, 1.82) is 0 Å². The maximum atomic E-state index is 12.6. The number of ether oxygens (including phenoxy) is 1. The summed E-state index contributed by atoms with van der Waals surface area (Å²) in [4.78, 5) is 29.4. The number of pyridine rings is 2. The molecule has 0 spiro atoms. The quantitative estimate of drug-likeness (QED) is 0.564. The van der Waals surface area contributed by atoms with Crippen LogP contribution in [-0.4, -0.2) is 49.0 Å². The van der Waals surface area contributed by atoms with Crippen LogP contribution in [0.1, 0.15) is 6.04 Å². The zero-order chi connectivity index (χ0) is 19.6. The van der Waals surface area contributed by atoms with Crippen LogP contribution < -0.4 is 10.9 Å². The average molecular weight is 387 g/mol. The highest BCUT2D eigenvalue weighted by Crippen LogP contribution is 2.25. The number of fused-ring (bicyclic) bond motifs is 1. The van der Waals surface area contributed by atoms with E-state index >= 15 is 0 Å². The normalized spacial score (nSPS) is 18.8. The third-order valence-corrected chi connectivity index (χ3v) is 4.90. The third-order valence-electron chi connectivity index (χ3n) is 4.90. The summed E-state index contributed by atoms with van der Waals surface area (Å²) >= 11 is 0. The maximum Gasteiger partial charge on any atom is 0.267 e. The van der Waals surface area contributed by atoms with Crippen molar-refractivity contribution in [2.24, 2.45) is 0 Å². The van der Waals surface area contributed by atoms with Crippen LogP contribution in [0.25, 0.3) is 22.3 Å². The molecule has 144 valence electrons. The molecule has 29 heavy (non-hydrogen) atoms. The molecule has 0 bridgehead atoms. The smallest absolute Gasteiger partial charge is 0.267 e. The predicted molar refractivity (Wildman–Crippen MR) is 106 cm³/mol. The van der Waals surface area contributed by atoms with Crippen LogP contribution in [0.4, 0.5) is 5.82 Å². The lowest BCUT2D eigenvalue weighted by Crippen LogP contribution is -2.37. The number of rotatable bonds is 4. The van der Waals surface area contributed by atoms with Gasteiger partial charge in [0.25, 0.3) is 5.56 Å². The molecule has 2 unspecified atom stereocenters. The SMILES string of the molecule is O=c1ccc(-c2ccncc2)nn1C1COCC1Nc1ncnc2ncccc12. The lowest BCUT2D eigenvalue weighted by atomic mass is 10.1. The molecule has 1 aliphatic heterocycles. The molecule has 1 saturated heterocycles. The minimum Gasteiger partial charge on any atom is -0.377 e. The Bertz CT molecular complexity index is 1210. The van der Waals surface area contributed by atoms with Gasteiger partial charge in [-0.15, -0.1) is 0 Å². The van der Waals surface area contributed by atoms with E-state index in [0.717, 1.165) is 10.9 Å². The molecule has 0 aromatic carbocycles. The molecule has 9 heteroatoms. The van der Waals surface area contributed by atoms with E-state index < -0.39 is 0 Å². The van der Waals surface area contributed by atoms with Gasteiger partial charge in [-0.05, 0) is 30.3 Å². The molecule has 0 saturated carbocycles. The topological polar surface area (TPSA) is 108 Å². The summed E-state index contributed by atoms with van der Waals surface area (Å²) in [5.41, 5.74) is 2.02. The summed E-state index contributed by atoms with van der Waals surface area (Å²) in [5.74, 6) is 0.655. The summed E-state index contributed by atoms with van der Waals surface area (Å²) in [5, 5.41) is 8.79. The minimum atomic E-state index is -0.272. The summed E-state index contributed by atoms with van der Waals surface area (Å²) < 4.78 is 7.17. The fourth-order valence-electron chi connectivity index (χ4n) is 3.45. The van der Waals surface area contributed by atoms with Gasteiger partial charge in [0.05, 0.1) is 30.3 Å². The van der Waals surface area contributed by atoms with Gasteiger partial charge in [0, 0.05) is 30.2 Å². The number of anilines is 1. The first-order valence-electron chi connectivity index (χ1n) is 9.20. The predicted octanol–water partition coefficient (Wildman–Crippen LogP) is 1.70. The summed E-state index contributed by atoms with van der Waals surface area (Å²) in [6, 6.07) is 10.3. The molecule has 2 atom stereocenters. The van der Waals surface area contributed by atoms with E-state index in [1.165, 1.54) is 17.1 Å². The van der Waals surface area contributed by atoms with E-state index in [1.54, 1.807) is 24.7 Å². The van der Waals surface area contributed by atoms with Crippen molar-refractivity contribution in [2.75, 3.05) is 18.5 Å². The highest BCUT2D eigenvalue weighted by molar-refractivity contribution is 5.85. The van der Waals surface area contributed by atoms with Crippen molar-refractivity contribution in [3.05, 3.63) is 71.7 Å². The first-order chi connectivity index (χ1) is 14.3. The fraction of sp³-hybridized carbons (Fsp3) is 0.200. The van der Waals surface area contributed by atoms with Crippen molar-refractivity contribution in [2.45, 2.75) is 12.1 Å². The summed E-state index contributed by atoms with van der Waals surface area (Å²) in [7, 11) is 0. The monoisotopic (exact) mass is 387 g/mol. The Morgan fingerprint density at radius 3 is 2.79 bits per heavy atom. The van der Waals surface area contributed by atoms with Crippen LogP contribution in [0.2, 0.25) is 0 Å². The van der Waals surface area contributed by atoms with Gasteiger partial charge in [-0.1, -0.05) is 0 Å². The van der Waals surface area contributed by atoms with E-state index in [2.05, 4.69) is 30.4 Å². The van der Waals surface area contributed by atoms with Gasteiger partial charge >= 0.3 is 0 Å². The zero-order valence-electron chi connectivity index (χ0n) is 15.3. The zero-order valence-corrected chi connectivity index (χ0v) is 15.3. The van der Waals surface area contributed by atoms with Crippen molar-refractivity contribution in [3.63, 3.8) is 0 Å². The van der Waals surface area contributed by atoms with Crippen molar-refractivity contribution >= 4 is 16.9 Å². The molecule has 0 radical (unpaired) electrons. The lowest BCUT2D eigenvalue weighted by Gasteiger charge is -2.21. The fourth-order valence-corrected chi connectivity index (χ4v) is 3.45. The molecule has 4 aromatic heterocycles. The number of nitrogens with one attached hydrogen (secondary N) is 1. The lowest BCUT2D eigenvalue weighted by molar-refractivity contribution is 0.183. The van der Waals surface area contributed by atoms with E-state index in [-0.39, 0.29) is 17.6 Å². The molecule has 1 aliphatic rings. The molecule has 0 aliphatic carbocycles. The Labute approximate surface area is 165 Å². The van der Waals surface area contributed by atoms with Crippen LogP contribution >= 0.6 is 0 Å². The third kappa shape index (κ3) is 3.32. The van der Waals surface area contributed by atoms with Crippen LogP contribution in [0.3, 0.4) is 0 Å². The van der Waals surface area contributed by atoms with Gasteiger partial charge in [-0.25, -0.2) is 19.6 Å². The summed E-state index contributed by atoms with van der Waals surface area (Å²) in [6.07, 6.45) is 6.55. The Morgan fingerprint density at radius 2 is 1.90 bits per heavy atom. The molecule has 5 heterocycles. The van der Waals surface area contributed by atoms with Gasteiger partial charge < -0.3 is 10.1 Å². The second kappa shape index (κ2) is 7.36. The van der Waals surface area contributed by atoms with Crippen molar-refractivity contribution < 1.29 is 4.74 Å². The molecule has 1 N–H and O–H groups in total. The highest BCUT2D eigenvalue weighted by Gasteiger charge is 2.32. The van der Waals surface area contributed by atoms with Crippen LogP contribution in [0.15, 0.2) is 66.1 Å². The molecule has 1 fully saturated rings. The first kappa shape index (κ1) is 17.4. The standard InChI is InChI=1S/C20H17N7O2/c28-18-4-3-15(13-5-8-21-9-6-13)26-27(18)17-11-29-10-16(17)25-20-14-2-1-7-22-19(14)23-12-24-20/h1-9,12,16-17H,10-11H2,(H,22,23,24,25). The first-order valence-corrected chi connectivity index (χ1v) is 9.20. The molecule has 4 aromatic rings. The highest BCUT2D eigenvalue weighted by atomic mass is 16.5. The largest absolute Gasteiger partial charge is 0.377 e. The van der Waals surface area contributed by atoms with Gasteiger partial charge in [-0.3, -0.25) is 9.78 Å². The second-order valence-electron chi connectivity index (χ2n) is 6.69. The molecular weight excluding hydrogens is 370 g/mol. The average Bonchev–Trinajstić information content (AvgIpc) is 3.23. The van der Waals surface area contributed by atoms with Crippen LogP contribution in [0.5, 0.6) is 0 Å². The number of hydrogen-bond donors (Lipinski definition) is 1. The van der Waals surface area contributed by atoms with E-state index in [1.807, 2.05) is 24.3 Å². The molecule has 0 amide bonds. The number of nitrogens with zero attached hydrogens (tertiary/aromatic N) is 6. The maximum absolute atomic E-state index is 12.6. The van der Waals surface area contributed by atoms with Crippen molar-refractivity contribution in [1.82, 2.24) is 29.7 Å². The van der Waals surface area contributed by atoms with Crippen molar-refractivity contribution in [3.8, 4) is 11.3 Å². The van der Waals surface area contributed by atoms with E-state index in [9.17, 15) is 4.79 Å². The van der Waals surface area contributed by atoms with Gasteiger partial charge in [0.1, 0.15) is 18.2 Å². The second-order valence-corrected chi connectivity index (χ2v) is 6.69. The number of hydrogen-bond acceptors (Lipinski definition) is 8. The minimum absolute atomic E-state index is 0.175. The van der Waals surface area contributed by atoms with E-state index in [0.29, 0.717) is 30.4 Å². The Kier molecular flexibility index (Phi) is 4.41. The van der Waals surface area contributed by atoms with Gasteiger partial charge in [0.2, 0.25) is 0 Å².